The van der Waals surface area contributed by atoms with Crippen molar-refractivity contribution in [1.29, 1.82) is 0 Å². The fourth-order valence-corrected chi connectivity index (χ4v) is 2.37. The first-order valence-electron chi connectivity index (χ1n) is 7.19. The van der Waals surface area contributed by atoms with E-state index in [1.165, 1.54) is 0 Å². The molecule has 3 aromatic carbocycles. The largest absolute Gasteiger partial charge is 0.489 e. The molecule has 0 atom stereocenters. The Bertz CT molecular complexity index is 720. The molecule has 0 radical (unpaired) electrons. The highest BCUT2D eigenvalue weighted by molar-refractivity contribution is 5.90. The van der Waals surface area contributed by atoms with Crippen molar-refractivity contribution in [1.82, 2.24) is 0 Å². The first-order chi connectivity index (χ1) is 10.4. The summed E-state index contributed by atoms with van der Waals surface area (Å²) < 4.78 is 11.8. The maximum absolute atomic E-state index is 5.96. The molecule has 0 aliphatic rings. The summed E-state index contributed by atoms with van der Waals surface area (Å²) in [6.07, 6.45) is 0. The van der Waals surface area contributed by atoms with E-state index in [1.807, 2.05) is 43.3 Å². The Kier molecular flexibility index (Phi) is 4.06. The van der Waals surface area contributed by atoms with Gasteiger partial charge in [0.1, 0.15) is 6.61 Å². The highest BCUT2D eigenvalue weighted by Gasteiger charge is 2.10. The lowest BCUT2D eigenvalue weighted by molar-refractivity contribution is 0.271. The molecule has 106 valence electrons. The van der Waals surface area contributed by atoms with Crippen LogP contribution in [0.2, 0.25) is 0 Å². The van der Waals surface area contributed by atoms with E-state index >= 15 is 0 Å². The van der Waals surface area contributed by atoms with E-state index in [9.17, 15) is 0 Å². The van der Waals surface area contributed by atoms with Crippen molar-refractivity contribution < 1.29 is 9.47 Å². The molecule has 3 rings (SSSR count). The van der Waals surface area contributed by atoms with Gasteiger partial charge in [-0.25, -0.2) is 0 Å². The molecular weight excluding hydrogens is 260 g/mol. The van der Waals surface area contributed by atoms with Gasteiger partial charge >= 0.3 is 0 Å². The Morgan fingerprint density at radius 1 is 0.762 bits per heavy atom. The molecule has 0 aromatic heterocycles. The quantitative estimate of drug-likeness (QED) is 0.666. The van der Waals surface area contributed by atoms with Gasteiger partial charge in [0.15, 0.2) is 11.5 Å². The van der Waals surface area contributed by atoms with Crippen LogP contribution in [0.5, 0.6) is 11.5 Å². The number of fused-ring (bicyclic) bond motifs is 1. The molecule has 0 amide bonds. The Morgan fingerprint density at radius 3 is 2.33 bits per heavy atom. The van der Waals surface area contributed by atoms with Crippen molar-refractivity contribution >= 4 is 10.8 Å². The molecule has 0 spiro atoms. The topological polar surface area (TPSA) is 18.5 Å². The van der Waals surface area contributed by atoms with Crippen molar-refractivity contribution in [2.24, 2.45) is 0 Å². The summed E-state index contributed by atoms with van der Waals surface area (Å²) in [5, 5.41) is 2.25. The molecule has 0 saturated heterocycles. The minimum atomic E-state index is 0.541. The van der Waals surface area contributed by atoms with Crippen LogP contribution in [0.25, 0.3) is 10.8 Å². The maximum atomic E-state index is 5.96. The third-order valence-electron chi connectivity index (χ3n) is 3.37. The maximum Gasteiger partial charge on any atom is 0.168 e. The number of hydrogen-bond donors (Lipinski definition) is 0. The van der Waals surface area contributed by atoms with Crippen molar-refractivity contribution in [3.05, 3.63) is 72.3 Å². The third kappa shape index (κ3) is 3.00. The summed E-state index contributed by atoms with van der Waals surface area (Å²) in [6.45, 7) is 3.15. The summed E-state index contributed by atoms with van der Waals surface area (Å²) >= 11 is 0. The number of rotatable bonds is 5. The number of hydrogen-bond acceptors (Lipinski definition) is 2. The lowest BCUT2D eigenvalue weighted by Gasteiger charge is -2.14. The Labute approximate surface area is 124 Å². The fourth-order valence-electron chi connectivity index (χ4n) is 2.37. The molecule has 0 unspecified atom stereocenters. The van der Waals surface area contributed by atoms with Crippen LogP contribution < -0.4 is 9.47 Å². The van der Waals surface area contributed by atoms with Crippen LogP contribution in [0.1, 0.15) is 12.5 Å². The highest BCUT2D eigenvalue weighted by Crippen LogP contribution is 2.36. The fraction of sp³-hybridized carbons (Fsp3) is 0.158. The van der Waals surface area contributed by atoms with Crippen molar-refractivity contribution in [3.63, 3.8) is 0 Å². The molecule has 3 aromatic rings. The second-order valence-corrected chi connectivity index (χ2v) is 4.82. The first kappa shape index (κ1) is 13.5. The molecule has 0 heterocycles. The van der Waals surface area contributed by atoms with Crippen molar-refractivity contribution in [2.75, 3.05) is 6.61 Å². The second-order valence-electron chi connectivity index (χ2n) is 4.82. The van der Waals surface area contributed by atoms with Gasteiger partial charge in [0, 0.05) is 5.39 Å². The van der Waals surface area contributed by atoms with Crippen molar-refractivity contribution in [3.8, 4) is 11.5 Å². The van der Waals surface area contributed by atoms with Crippen LogP contribution >= 0.6 is 0 Å². The monoisotopic (exact) mass is 278 g/mol. The summed E-state index contributed by atoms with van der Waals surface area (Å²) in [5.74, 6) is 1.62. The molecule has 0 fully saturated rings. The molecule has 0 aliphatic carbocycles. The Hall–Kier alpha value is -2.48. The van der Waals surface area contributed by atoms with Gasteiger partial charge in [-0.15, -0.1) is 0 Å². The van der Waals surface area contributed by atoms with E-state index in [4.69, 9.17) is 9.47 Å². The molecule has 0 aliphatic heterocycles. The van der Waals surface area contributed by atoms with Crippen LogP contribution in [0.3, 0.4) is 0 Å². The third-order valence-corrected chi connectivity index (χ3v) is 3.37. The van der Waals surface area contributed by atoms with Crippen LogP contribution in [-0.4, -0.2) is 6.61 Å². The first-order valence-corrected chi connectivity index (χ1v) is 7.19. The van der Waals surface area contributed by atoms with Gasteiger partial charge in [0.2, 0.25) is 0 Å². The van der Waals surface area contributed by atoms with Crippen LogP contribution in [0.4, 0.5) is 0 Å². The van der Waals surface area contributed by atoms with Gasteiger partial charge < -0.3 is 9.47 Å². The molecule has 2 heteroatoms. The molecule has 21 heavy (non-hydrogen) atoms. The zero-order valence-corrected chi connectivity index (χ0v) is 12.1. The lowest BCUT2D eigenvalue weighted by Crippen LogP contribution is -2.00. The minimum absolute atomic E-state index is 0.541. The average Bonchev–Trinajstić information content (AvgIpc) is 2.55. The predicted molar refractivity (Wildman–Crippen MR) is 85.9 cm³/mol. The van der Waals surface area contributed by atoms with E-state index in [2.05, 4.69) is 30.3 Å². The van der Waals surface area contributed by atoms with Gasteiger partial charge in [-0.2, -0.15) is 0 Å². The van der Waals surface area contributed by atoms with E-state index in [-0.39, 0.29) is 0 Å². The van der Waals surface area contributed by atoms with Gasteiger partial charge in [-0.1, -0.05) is 60.7 Å². The van der Waals surface area contributed by atoms with E-state index in [0.29, 0.717) is 13.2 Å². The van der Waals surface area contributed by atoms with Gasteiger partial charge in [-0.05, 0) is 23.9 Å². The normalized spacial score (nSPS) is 10.5. The van der Waals surface area contributed by atoms with Gasteiger partial charge in [0.25, 0.3) is 0 Å². The Balaban J connectivity index is 1.92. The van der Waals surface area contributed by atoms with E-state index in [0.717, 1.165) is 27.8 Å². The zero-order valence-electron chi connectivity index (χ0n) is 12.1. The molecule has 0 N–H and O–H groups in total. The SMILES string of the molecule is CCOc1c(OCc2ccccc2)ccc2ccccc12. The number of benzene rings is 3. The Morgan fingerprint density at radius 2 is 1.52 bits per heavy atom. The molecule has 2 nitrogen and oxygen atoms in total. The van der Waals surface area contributed by atoms with Crippen LogP contribution in [0.15, 0.2) is 66.7 Å². The smallest absolute Gasteiger partial charge is 0.168 e. The summed E-state index contributed by atoms with van der Waals surface area (Å²) in [7, 11) is 0. The summed E-state index contributed by atoms with van der Waals surface area (Å²) in [4.78, 5) is 0. The molecule has 0 saturated carbocycles. The standard InChI is InChI=1S/C19H18O2/c1-2-20-19-17-11-7-6-10-16(17)12-13-18(19)21-14-15-8-4-3-5-9-15/h3-13H,2,14H2,1H3. The zero-order chi connectivity index (χ0) is 14.5. The van der Waals surface area contributed by atoms with Crippen LogP contribution in [0, 0.1) is 0 Å². The lowest BCUT2D eigenvalue weighted by atomic mass is 10.1. The molecule has 0 bridgehead atoms. The van der Waals surface area contributed by atoms with Gasteiger partial charge in [-0.3, -0.25) is 0 Å². The number of ether oxygens (including phenoxy) is 2. The molecular formula is C19H18O2. The van der Waals surface area contributed by atoms with Gasteiger partial charge in [0.05, 0.1) is 6.61 Å². The van der Waals surface area contributed by atoms with E-state index < -0.39 is 0 Å². The summed E-state index contributed by atoms with van der Waals surface area (Å²) in [6, 6.07) is 22.4. The predicted octanol–water partition coefficient (Wildman–Crippen LogP) is 4.82. The summed E-state index contributed by atoms with van der Waals surface area (Å²) in [5.41, 5.74) is 1.15. The van der Waals surface area contributed by atoms with Crippen LogP contribution in [-0.2, 0) is 6.61 Å². The highest BCUT2D eigenvalue weighted by atomic mass is 16.5. The van der Waals surface area contributed by atoms with Crippen molar-refractivity contribution in [2.45, 2.75) is 13.5 Å². The second kappa shape index (κ2) is 6.31. The minimum Gasteiger partial charge on any atom is -0.489 e. The van der Waals surface area contributed by atoms with E-state index in [1.54, 1.807) is 0 Å². The average molecular weight is 278 g/mol.